The molecule has 1 aliphatic rings. The number of hydrogen-bond acceptors (Lipinski definition) is 5. The van der Waals surface area contributed by atoms with Crippen LogP contribution in [0, 0.1) is 19.8 Å². The maximum Gasteiger partial charge on any atom is 0.208 e. The summed E-state index contributed by atoms with van der Waals surface area (Å²) >= 11 is 6.00. The molecule has 1 aliphatic heterocycles. The molecule has 31 heavy (non-hydrogen) atoms. The first-order chi connectivity index (χ1) is 14.9. The van der Waals surface area contributed by atoms with Crippen molar-refractivity contribution in [2.24, 2.45) is 10.9 Å². The third-order valence-corrected chi connectivity index (χ3v) is 5.99. The fraction of sp³-hybridized carbons (Fsp3) is 0.565. The number of benzene rings is 1. The highest BCUT2D eigenvalue weighted by Gasteiger charge is 2.21. The Morgan fingerprint density at radius 1 is 1.35 bits per heavy atom. The topological polar surface area (TPSA) is 66.1 Å². The highest BCUT2D eigenvalue weighted by Crippen LogP contribution is 2.19. The number of hydrogen-bond donors (Lipinski definition) is 1. The van der Waals surface area contributed by atoms with E-state index in [2.05, 4.69) is 25.1 Å². The zero-order valence-electron chi connectivity index (χ0n) is 19.0. The number of aryl methyl sites for hydroxylation is 2. The van der Waals surface area contributed by atoms with E-state index in [0.717, 1.165) is 74.6 Å². The van der Waals surface area contributed by atoms with Gasteiger partial charge in [0.15, 0.2) is 5.96 Å². The predicted molar refractivity (Wildman–Crippen MR) is 125 cm³/mol. The quantitative estimate of drug-likeness (QED) is 0.491. The second kappa shape index (κ2) is 11.4. The molecule has 0 atom stereocenters. The molecule has 1 aromatic carbocycles. The van der Waals surface area contributed by atoms with E-state index in [0.29, 0.717) is 17.5 Å². The molecule has 8 heteroatoms. The van der Waals surface area contributed by atoms with Crippen LogP contribution in [-0.2, 0) is 6.54 Å². The molecule has 170 valence electrons. The van der Waals surface area contributed by atoms with Gasteiger partial charge in [0.05, 0.1) is 18.8 Å². The predicted octanol–water partition coefficient (Wildman–Crippen LogP) is 3.74. The monoisotopic (exact) mass is 447 g/mol. The minimum Gasteiger partial charge on any atom is -0.492 e. The standard InChI is InChI=1S/C23H34ClN5O2/c1-17-18(2)31-22(27-17)16-29-10-8-19(9-11-29)15-26-23(25-3)28(4)12-13-30-21-7-5-6-20(24)14-21/h5-7,14,19H,8-13,15-16H2,1-4H3,(H,25,26). The van der Waals surface area contributed by atoms with Crippen LogP contribution in [0.2, 0.25) is 5.02 Å². The van der Waals surface area contributed by atoms with Crippen molar-refractivity contribution in [2.45, 2.75) is 33.2 Å². The lowest BCUT2D eigenvalue weighted by Gasteiger charge is -2.32. The second-order valence-corrected chi connectivity index (χ2v) is 8.56. The zero-order valence-corrected chi connectivity index (χ0v) is 19.8. The van der Waals surface area contributed by atoms with Crippen LogP contribution < -0.4 is 10.1 Å². The van der Waals surface area contributed by atoms with Crippen molar-refractivity contribution in [3.05, 3.63) is 46.6 Å². The van der Waals surface area contributed by atoms with Gasteiger partial charge >= 0.3 is 0 Å². The van der Waals surface area contributed by atoms with Crippen LogP contribution in [0.1, 0.15) is 30.2 Å². The van der Waals surface area contributed by atoms with Crippen LogP contribution >= 0.6 is 11.6 Å². The molecule has 1 saturated heterocycles. The molecule has 2 heterocycles. The van der Waals surface area contributed by atoms with Gasteiger partial charge in [0, 0.05) is 25.7 Å². The number of ether oxygens (including phenoxy) is 1. The number of piperidine rings is 1. The number of nitrogens with one attached hydrogen (secondary N) is 1. The fourth-order valence-electron chi connectivity index (χ4n) is 3.73. The SMILES string of the molecule is CN=C(NCC1CCN(Cc2nc(C)c(C)o2)CC1)N(C)CCOc1cccc(Cl)c1. The Hall–Kier alpha value is -2.25. The average molecular weight is 448 g/mol. The van der Waals surface area contributed by atoms with Gasteiger partial charge in [-0.3, -0.25) is 9.89 Å². The number of guanidine groups is 1. The molecule has 0 radical (unpaired) electrons. The van der Waals surface area contributed by atoms with Crippen LogP contribution in [0.25, 0.3) is 0 Å². The van der Waals surface area contributed by atoms with Gasteiger partial charge < -0.3 is 19.4 Å². The molecular formula is C23H34ClN5O2. The number of aromatic nitrogens is 1. The summed E-state index contributed by atoms with van der Waals surface area (Å²) in [7, 11) is 3.85. The number of likely N-dealkylation sites (N-methyl/N-ethyl adjacent to an activating group) is 1. The van der Waals surface area contributed by atoms with E-state index < -0.39 is 0 Å². The van der Waals surface area contributed by atoms with Crippen molar-refractivity contribution in [3.63, 3.8) is 0 Å². The van der Waals surface area contributed by atoms with E-state index >= 15 is 0 Å². The van der Waals surface area contributed by atoms with Crippen molar-refractivity contribution in [1.82, 2.24) is 20.1 Å². The lowest BCUT2D eigenvalue weighted by atomic mass is 9.97. The summed E-state index contributed by atoms with van der Waals surface area (Å²) in [4.78, 5) is 13.4. The summed E-state index contributed by atoms with van der Waals surface area (Å²) in [6.45, 7) is 9.12. The molecule has 0 saturated carbocycles. The third kappa shape index (κ3) is 7.14. The normalized spacial score (nSPS) is 15.8. The number of aliphatic imine (C=N–C) groups is 1. The first kappa shape index (κ1) is 23.4. The highest BCUT2D eigenvalue weighted by atomic mass is 35.5. The summed E-state index contributed by atoms with van der Waals surface area (Å²) in [5, 5.41) is 4.20. The number of nitrogens with zero attached hydrogens (tertiary/aromatic N) is 4. The highest BCUT2D eigenvalue weighted by molar-refractivity contribution is 6.30. The van der Waals surface area contributed by atoms with Crippen LogP contribution in [0.5, 0.6) is 5.75 Å². The maximum absolute atomic E-state index is 6.00. The van der Waals surface area contributed by atoms with Gasteiger partial charge in [-0.05, 0) is 63.9 Å². The lowest BCUT2D eigenvalue weighted by Crippen LogP contribution is -2.44. The lowest BCUT2D eigenvalue weighted by molar-refractivity contribution is 0.163. The molecule has 1 aromatic heterocycles. The summed E-state index contributed by atoms with van der Waals surface area (Å²) in [6.07, 6.45) is 2.31. The van der Waals surface area contributed by atoms with Crippen molar-refractivity contribution < 1.29 is 9.15 Å². The van der Waals surface area contributed by atoms with E-state index in [1.807, 2.05) is 52.2 Å². The molecule has 2 aromatic rings. The molecule has 3 rings (SSSR count). The summed E-state index contributed by atoms with van der Waals surface area (Å²) in [5.41, 5.74) is 0.988. The molecule has 0 unspecified atom stereocenters. The summed E-state index contributed by atoms with van der Waals surface area (Å²) in [5.74, 6) is 4.06. The van der Waals surface area contributed by atoms with Crippen molar-refractivity contribution in [2.75, 3.05) is 46.9 Å². The van der Waals surface area contributed by atoms with Gasteiger partial charge in [0.2, 0.25) is 5.89 Å². The first-order valence-corrected chi connectivity index (χ1v) is 11.3. The smallest absolute Gasteiger partial charge is 0.208 e. The number of halogens is 1. The number of rotatable bonds is 8. The zero-order chi connectivity index (χ0) is 22.2. The van der Waals surface area contributed by atoms with Crippen molar-refractivity contribution in [3.8, 4) is 5.75 Å². The molecule has 1 N–H and O–H groups in total. The van der Waals surface area contributed by atoms with Gasteiger partial charge in [-0.1, -0.05) is 17.7 Å². The summed E-state index contributed by atoms with van der Waals surface area (Å²) < 4.78 is 11.5. The number of oxazole rings is 1. The average Bonchev–Trinajstić information content (AvgIpc) is 3.06. The fourth-order valence-corrected chi connectivity index (χ4v) is 3.91. The van der Waals surface area contributed by atoms with E-state index in [1.165, 1.54) is 0 Å². The molecule has 7 nitrogen and oxygen atoms in total. The number of likely N-dealkylation sites (tertiary alicyclic amines) is 1. The van der Waals surface area contributed by atoms with Gasteiger partial charge in [0.25, 0.3) is 0 Å². The van der Waals surface area contributed by atoms with Gasteiger partial charge in [-0.15, -0.1) is 0 Å². The third-order valence-electron chi connectivity index (χ3n) is 5.75. The Morgan fingerprint density at radius 2 is 2.13 bits per heavy atom. The Morgan fingerprint density at radius 3 is 2.77 bits per heavy atom. The van der Waals surface area contributed by atoms with E-state index in [-0.39, 0.29) is 0 Å². The van der Waals surface area contributed by atoms with Crippen molar-refractivity contribution >= 4 is 17.6 Å². The molecule has 0 amide bonds. The Bertz CT molecular complexity index is 842. The minimum atomic E-state index is 0.565. The largest absolute Gasteiger partial charge is 0.492 e. The van der Waals surface area contributed by atoms with Crippen LogP contribution in [-0.4, -0.2) is 67.6 Å². The van der Waals surface area contributed by atoms with Crippen LogP contribution in [0.4, 0.5) is 0 Å². The maximum atomic E-state index is 6.00. The van der Waals surface area contributed by atoms with Crippen LogP contribution in [0.3, 0.4) is 0 Å². The Labute approximate surface area is 190 Å². The van der Waals surface area contributed by atoms with Crippen LogP contribution in [0.15, 0.2) is 33.7 Å². The molecule has 0 aliphatic carbocycles. The van der Waals surface area contributed by atoms with Gasteiger partial charge in [-0.2, -0.15) is 0 Å². The molecule has 0 bridgehead atoms. The molecule has 1 fully saturated rings. The van der Waals surface area contributed by atoms with E-state index in [9.17, 15) is 0 Å². The molecule has 0 spiro atoms. The van der Waals surface area contributed by atoms with E-state index in [4.69, 9.17) is 20.8 Å². The second-order valence-electron chi connectivity index (χ2n) is 8.12. The van der Waals surface area contributed by atoms with Gasteiger partial charge in [-0.25, -0.2) is 4.98 Å². The Kier molecular flexibility index (Phi) is 8.60. The first-order valence-electron chi connectivity index (χ1n) is 10.9. The van der Waals surface area contributed by atoms with Crippen molar-refractivity contribution in [1.29, 1.82) is 0 Å². The minimum absolute atomic E-state index is 0.565. The van der Waals surface area contributed by atoms with E-state index in [1.54, 1.807) is 0 Å². The van der Waals surface area contributed by atoms with Gasteiger partial charge in [0.1, 0.15) is 18.1 Å². The molecular weight excluding hydrogens is 414 g/mol. The summed E-state index contributed by atoms with van der Waals surface area (Å²) in [6, 6.07) is 7.47. The Balaban J connectivity index is 1.35.